The SMILES string of the molecule is CCCCCCCCCCCCCCCCCCCCCC(=O)NCCN(CCC#N)CCNC(=O)CCCCCCCCCCCCCCCCCCCCC. The summed E-state index contributed by atoms with van der Waals surface area (Å²) in [6.07, 6.45) is 53.3. The normalized spacial score (nSPS) is 11.3. The maximum atomic E-state index is 12.4. The lowest BCUT2D eigenvalue weighted by Crippen LogP contribution is -2.40. The lowest BCUT2D eigenvalue weighted by Gasteiger charge is -2.21. The summed E-state index contributed by atoms with van der Waals surface area (Å²) >= 11 is 0. The first-order valence-corrected chi connectivity index (χ1v) is 25.8. The fraction of sp³-hybridized carbons (Fsp3) is 0.941. The Hall–Kier alpha value is -1.61. The summed E-state index contributed by atoms with van der Waals surface area (Å²) in [4.78, 5) is 27.0. The van der Waals surface area contributed by atoms with E-state index in [2.05, 4.69) is 35.5 Å². The molecule has 0 radical (unpaired) electrons. The predicted molar refractivity (Wildman–Crippen MR) is 249 cm³/mol. The van der Waals surface area contributed by atoms with Gasteiger partial charge in [-0.05, 0) is 12.8 Å². The second kappa shape index (κ2) is 48.8. The van der Waals surface area contributed by atoms with Crippen LogP contribution >= 0.6 is 0 Å². The van der Waals surface area contributed by atoms with Crippen LogP contribution in [0.5, 0.6) is 0 Å². The summed E-state index contributed by atoms with van der Waals surface area (Å²) in [5.41, 5.74) is 0. The van der Waals surface area contributed by atoms with E-state index in [0.717, 1.165) is 25.7 Å². The van der Waals surface area contributed by atoms with Crippen LogP contribution in [0.4, 0.5) is 0 Å². The van der Waals surface area contributed by atoms with E-state index in [1.807, 2.05) is 0 Å². The minimum absolute atomic E-state index is 0.134. The first kappa shape index (κ1) is 55.4. The van der Waals surface area contributed by atoms with Crippen molar-refractivity contribution in [1.82, 2.24) is 15.5 Å². The van der Waals surface area contributed by atoms with Crippen LogP contribution in [0, 0.1) is 11.3 Å². The molecule has 0 aliphatic rings. The Labute approximate surface area is 357 Å². The number of rotatable bonds is 48. The third kappa shape index (κ3) is 46.9. The van der Waals surface area contributed by atoms with Crippen LogP contribution in [0.2, 0.25) is 0 Å². The average Bonchev–Trinajstić information content (AvgIpc) is 3.21. The minimum atomic E-state index is 0.134. The number of nitriles is 1. The van der Waals surface area contributed by atoms with E-state index < -0.39 is 0 Å². The van der Waals surface area contributed by atoms with Crippen LogP contribution in [-0.4, -0.2) is 49.4 Å². The quantitative estimate of drug-likeness (QED) is 0.0600. The van der Waals surface area contributed by atoms with Gasteiger partial charge in [0.2, 0.25) is 11.8 Å². The van der Waals surface area contributed by atoms with Crippen molar-refractivity contribution < 1.29 is 9.59 Å². The van der Waals surface area contributed by atoms with Crippen LogP contribution in [0.3, 0.4) is 0 Å². The summed E-state index contributed by atoms with van der Waals surface area (Å²) in [6, 6.07) is 2.23. The fourth-order valence-electron chi connectivity index (χ4n) is 8.16. The van der Waals surface area contributed by atoms with Crippen molar-refractivity contribution >= 4 is 11.8 Å². The number of nitrogens with zero attached hydrogens (tertiary/aromatic N) is 2. The van der Waals surface area contributed by atoms with Crippen LogP contribution in [0.25, 0.3) is 0 Å². The molecule has 6 nitrogen and oxygen atoms in total. The highest BCUT2D eigenvalue weighted by molar-refractivity contribution is 5.76. The summed E-state index contributed by atoms with van der Waals surface area (Å²) in [6.45, 7) is 7.86. The molecule has 0 bridgehead atoms. The highest BCUT2D eigenvalue weighted by atomic mass is 16.2. The molecule has 0 aromatic carbocycles. The summed E-state index contributed by atoms with van der Waals surface area (Å²) in [5, 5.41) is 15.2. The topological polar surface area (TPSA) is 85.2 Å². The molecule has 0 heterocycles. The zero-order chi connectivity index (χ0) is 41.4. The van der Waals surface area contributed by atoms with Gasteiger partial charge in [-0.15, -0.1) is 0 Å². The van der Waals surface area contributed by atoms with Gasteiger partial charge in [-0.2, -0.15) is 5.26 Å². The molecule has 2 N–H and O–H groups in total. The second-order valence-electron chi connectivity index (χ2n) is 17.7. The van der Waals surface area contributed by atoms with E-state index in [9.17, 15) is 9.59 Å². The highest BCUT2D eigenvalue weighted by Gasteiger charge is 2.08. The lowest BCUT2D eigenvalue weighted by atomic mass is 10.0. The van der Waals surface area contributed by atoms with E-state index in [1.54, 1.807) is 0 Å². The van der Waals surface area contributed by atoms with E-state index in [0.29, 0.717) is 52.0 Å². The molecule has 0 fully saturated rings. The predicted octanol–water partition coefficient (Wildman–Crippen LogP) is 15.1. The van der Waals surface area contributed by atoms with E-state index in [-0.39, 0.29) is 11.8 Å². The van der Waals surface area contributed by atoms with Gasteiger partial charge in [-0.3, -0.25) is 14.5 Å². The molecule has 0 rings (SSSR count). The van der Waals surface area contributed by atoms with Gasteiger partial charge in [-0.1, -0.05) is 245 Å². The molecule has 0 aliphatic carbocycles. The first-order chi connectivity index (χ1) is 28.1. The van der Waals surface area contributed by atoms with Gasteiger partial charge in [0, 0.05) is 52.0 Å². The van der Waals surface area contributed by atoms with Crippen LogP contribution in [0.1, 0.15) is 277 Å². The van der Waals surface area contributed by atoms with Crippen molar-refractivity contribution in [1.29, 1.82) is 5.26 Å². The number of unbranched alkanes of at least 4 members (excludes halogenated alkanes) is 36. The molecule has 6 heteroatoms. The van der Waals surface area contributed by atoms with E-state index in [1.165, 1.54) is 218 Å². The van der Waals surface area contributed by atoms with Gasteiger partial charge in [0.25, 0.3) is 0 Å². The Bertz CT molecular complexity index is 799. The number of hydrogen-bond acceptors (Lipinski definition) is 4. The number of hydrogen-bond donors (Lipinski definition) is 2. The molecule has 2 amide bonds. The summed E-state index contributed by atoms with van der Waals surface area (Å²) in [5.74, 6) is 0.269. The molecular weight excluding hydrogens is 701 g/mol. The van der Waals surface area contributed by atoms with Crippen LogP contribution in [0.15, 0.2) is 0 Å². The number of carbonyl (C=O) groups is 2. The zero-order valence-electron chi connectivity index (χ0n) is 38.7. The van der Waals surface area contributed by atoms with Crippen molar-refractivity contribution in [2.24, 2.45) is 0 Å². The van der Waals surface area contributed by atoms with Gasteiger partial charge in [0.1, 0.15) is 0 Å². The van der Waals surface area contributed by atoms with Crippen molar-refractivity contribution in [2.75, 3.05) is 32.7 Å². The van der Waals surface area contributed by atoms with Crippen molar-refractivity contribution in [3.63, 3.8) is 0 Å². The van der Waals surface area contributed by atoms with Gasteiger partial charge in [0.15, 0.2) is 0 Å². The average molecular weight is 801 g/mol. The lowest BCUT2D eigenvalue weighted by molar-refractivity contribution is -0.121. The molecule has 0 saturated heterocycles. The van der Waals surface area contributed by atoms with E-state index >= 15 is 0 Å². The Morgan fingerprint density at radius 2 is 0.596 bits per heavy atom. The van der Waals surface area contributed by atoms with Crippen LogP contribution < -0.4 is 10.6 Å². The molecule has 57 heavy (non-hydrogen) atoms. The maximum Gasteiger partial charge on any atom is 0.220 e. The summed E-state index contributed by atoms with van der Waals surface area (Å²) < 4.78 is 0. The standard InChI is InChI=1S/C51H100N4O2/c1-3-5-7-9-11-13-15-17-19-21-23-25-27-29-31-33-35-37-39-42-50(56)53-45-48-55(47-41-44-52)49-46-54-51(57)43-40-38-36-34-32-30-28-26-24-22-20-18-16-14-12-10-8-6-4-2/h3-43,45-49H2,1-2H3,(H,53,56)(H,54,57). The molecule has 0 unspecified atom stereocenters. The molecule has 0 spiro atoms. The van der Waals surface area contributed by atoms with Crippen molar-refractivity contribution in [3.8, 4) is 6.07 Å². The summed E-state index contributed by atoms with van der Waals surface area (Å²) in [7, 11) is 0. The molecule has 0 saturated carbocycles. The Morgan fingerprint density at radius 1 is 0.368 bits per heavy atom. The third-order valence-electron chi connectivity index (χ3n) is 12.1. The molecule has 0 aliphatic heterocycles. The largest absolute Gasteiger partial charge is 0.355 e. The highest BCUT2D eigenvalue weighted by Crippen LogP contribution is 2.16. The van der Waals surface area contributed by atoms with Gasteiger partial charge in [-0.25, -0.2) is 0 Å². The molecule has 336 valence electrons. The number of nitrogens with one attached hydrogen (secondary N) is 2. The van der Waals surface area contributed by atoms with Crippen molar-refractivity contribution in [2.45, 2.75) is 277 Å². The van der Waals surface area contributed by atoms with Gasteiger partial charge >= 0.3 is 0 Å². The van der Waals surface area contributed by atoms with Crippen molar-refractivity contribution in [3.05, 3.63) is 0 Å². The van der Waals surface area contributed by atoms with Gasteiger partial charge < -0.3 is 10.6 Å². The maximum absolute atomic E-state index is 12.4. The Morgan fingerprint density at radius 3 is 0.825 bits per heavy atom. The Kier molecular flexibility index (Phi) is 47.4. The van der Waals surface area contributed by atoms with E-state index in [4.69, 9.17) is 5.26 Å². The third-order valence-corrected chi connectivity index (χ3v) is 12.1. The molecule has 0 aromatic rings. The first-order valence-electron chi connectivity index (χ1n) is 25.8. The Balaban J connectivity index is 3.58. The molecule has 0 aromatic heterocycles. The monoisotopic (exact) mass is 801 g/mol. The second-order valence-corrected chi connectivity index (χ2v) is 17.7. The van der Waals surface area contributed by atoms with Gasteiger partial charge in [0.05, 0.1) is 6.07 Å². The van der Waals surface area contributed by atoms with Crippen LogP contribution in [-0.2, 0) is 9.59 Å². The molecule has 0 atom stereocenters. The fourth-order valence-corrected chi connectivity index (χ4v) is 8.16. The smallest absolute Gasteiger partial charge is 0.220 e. The number of carbonyl (C=O) groups excluding carboxylic acids is 2. The zero-order valence-corrected chi connectivity index (χ0v) is 38.7. The number of amides is 2. The minimum Gasteiger partial charge on any atom is -0.355 e. The molecular formula is C51H100N4O2.